The fraction of sp³-hybridized carbons (Fsp3) is 0.375. The van der Waals surface area contributed by atoms with Gasteiger partial charge in [-0.3, -0.25) is 4.79 Å². The summed E-state index contributed by atoms with van der Waals surface area (Å²) < 4.78 is 28.7. The van der Waals surface area contributed by atoms with E-state index < -0.39 is 12.7 Å². The van der Waals surface area contributed by atoms with Gasteiger partial charge in [0, 0.05) is 10.4 Å². The number of ether oxygens (including phenoxy) is 1. The van der Waals surface area contributed by atoms with E-state index in [0.29, 0.717) is 10.8 Å². The highest BCUT2D eigenvalue weighted by Crippen LogP contribution is 2.31. The van der Waals surface area contributed by atoms with E-state index in [-0.39, 0.29) is 17.6 Å². The number of hydrogen-bond donors (Lipinski definition) is 2. The number of aryl methyl sites for hydroxylation is 1. The van der Waals surface area contributed by atoms with Gasteiger partial charge in [-0.25, -0.2) is 4.98 Å². The minimum absolute atomic E-state index is 0.0212. The summed E-state index contributed by atoms with van der Waals surface area (Å²) in [6.45, 7) is 2.75. The zero-order valence-electron chi connectivity index (χ0n) is 13.5. The minimum Gasteiger partial charge on any atom is -0.435 e. The topological polar surface area (TPSA) is 77.2 Å². The summed E-state index contributed by atoms with van der Waals surface area (Å²) in [5, 5.41) is 3.17. The van der Waals surface area contributed by atoms with Crippen molar-refractivity contribution in [3.05, 3.63) is 29.1 Å². The number of rotatable bonds is 6. The molecule has 0 unspecified atom stereocenters. The van der Waals surface area contributed by atoms with Crippen LogP contribution in [0.5, 0.6) is 5.75 Å². The van der Waals surface area contributed by atoms with Crippen LogP contribution in [0.3, 0.4) is 0 Å². The largest absolute Gasteiger partial charge is 0.435 e. The van der Waals surface area contributed by atoms with Crippen LogP contribution in [0.1, 0.15) is 18.7 Å². The Morgan fingerprint density at radius 1 is 1.29 bits per heavy atom. The van der Waals surface area contributed by atoms with Crippen LogP contribution in [-0.4, -0.2) is 23.5 Å². The first-order chi connectivity index (χ1) is 11.3. The number of aromatic nitrogens is 1. The SMILES string of the molecule is Cc1sc(NC(=O)[C@@H](N)C(C)C)nc1-c1ccc(OC(F)F)cc1. The lowest BCUT2D eigenvalue weighted by Crippen LogP contribution is -2.39. The van der Waals surface area contributed by atoms with E-state index in [9.17, 15) is 13.6 Å². The lowest BCUT2D eigenvalue weighted by Gasteiger charge is -2.13. The highest BCUT2D eigenvalue weighted by atomic mass is 32.1. The number of nitrogens with two attached hydrogens (primary N) is 1. The van der Waals surface area contributed by atoms with Crippen molar-refractivity contribution >= 4 is 22.4 Å². The van der Waals surface area contributed by atoms with E-state index in [0.717, 1.165) is 10.4 Å². The summed E-state index contributed by atoms with van der Waals surface area (Å²) in [5.74, 6) is -0.183. The third kappa shape index (κ3) is 4.48. The van der Waals surface area contributed by atoms with Crippen molar-refractivity contribution in [1.29, 1.82) is 0 Å². The highest BCUT2D eigenvalue weighted by Gasteiger charge is 2.19. The smallest absolute Gasteiger partial charge is 0.387 e. The first-order valence-electron chi connectivity index (χ1n) is 7.37. The van der Waals surface area contributed by atoms with Crippen LogP contribution in [0.25, 0.3) is 11.3 Å². The molecular weight excluding hydrogens is 336 g/mol. The van der Waals surface area contributed by atoms with E-state index >= 15 is 0 Å². The molecule has 5 nitrogen and oxygen atoms in total. The Bertz CT molecular complexity index is 702. The number of nitrogens with one attached hydrogen (secondary N) is 1. The molecule has 0 bridgehead atoms. The van der Waals surface area contributed by atoms with Crippen LogP contribution in [0.15, 0.2) is 24.3 Å². The van der Waals surface area contributed by atoms with Gasteiger partial charge in [0.1, 0.15) is 5.75 Å². The lowest BCUT2D eigenvalue weighted by molar-refractivity contribution is -0.118. The number of benzene rings is 1. The normalized spacial score (nSPS) is 12.5. The van der Waals surface area contributed by atoms with E-state index in [2.05, 4.69) is 15.0 Å². The third-order valence-electron chi connectivity index (χ3n) is 3.40. The Hall–Kier alpha value is -2.06. The standard InChI is InChI=1S/C16H19F2N3O2S/c1-8(2)12(19)14(22)21-16-20-13(9(3)24-16)10-4-6-11(7-5-10)23-15(17)18/h4-8,12,15H,19H2,1-3H3,(H,20,21,22)/t12-/m0/s1. The van der Waals surface area contributed by atoms with Crippen LogP contribution in [0, 0.1) is 12.8 Å². The number of halogens is 2. The van der Waals surface area contributed by atoms with Gasteiger partial charge in [0.05, 0.1) is 11.7 Å². The van der Waals surface area contributed by atoms with Gasteiger partial charge in [-0.1, -0.05) is 13.8 Å². The number of carbonyl (C=O) groups is 1. The number of alkyl halides is 2. The molecule has 2 aromatic rings. The molecule has 0 saturated carbocycles. The molecular formula is C16H19F2N3O2S. The second-order valence-corrected chi connectivity index (χ2v) is 6.79. The number of anilines is 1. The Labute approximate surface area is 142 Å². The second kappa shape index (κ2) is 7.67. The molecule has 0 aliphatic heterocycles. The molecule has 0 aliphatic carbocycles. The summed E-state index contributed by atoms with van der Waals surface area (Å²) in [7, 11) is 0. The van der Waals surface area contributed by atoms with E-state index in [1.54, 1.807) is 12.1 Å². The van der Waals surface area contributed by atoms with Gasteiger partial charge in [0.15, 0.2) is 5.13 Å². The van der Waals surface area contributed by atoms with Gasteiger partial charge in [-0.2, -0.15) is 8.78 Å². The highest BCUT2D eigenvalue weighted by molar-refractivity contribution is 7.16. The monoisotopic (exact) mass is 355 g/mol. The number of nitrogens with zero attached hydrogens (tertiary/aromatic N) is 1. The first kappa shape index (κ1) is 18.3. The summed E-state index contributed by atoms with van der Waals surface area (Å²) in [6, 6.07) is 5.58. The maximum Gasteiger partial charge on any atom is 0.387 e. The summed E-state index contributed by atoms with van der Waals surface area (Å²) in [6.07, 6.45) is 0. The van der Waals surface area contributed by atoms with Crippen molar-refractivity contribution in [3.8, 4) is 17.0 Å². The Morgan fingerprint density at radius 2 is 1.92 bits per heavy atom. The zero-order valence-corrected chi connectivity index (χ0v) is 14.4. The maximum atomic E-state index is 12.2. The fourth-order valence-corrected chi connectivity index (χ4v) is 2.84. The Morgan fingerprint density at radius 3 is 2.46 bits per heavy atom. The lowest BCUT2D eigenvalue weighted by atomic mass is 10.1. The molecule has 1 amide bonds. The van der Waals surface area contributed by atoms with E-state index in [1.807, 2.05) is 20.8 Å². The quantitative estimate of drug-likeness (QED) is 0.829. The molecule has 1 aromatic heterocycles. The molecule has 1 aromatic carbocycles. The number of thiazole rings is 1. The van der Waals surface area contributed by atoms with Crippen molar-refractivity contribution in [1.82, 2.24) is 4.98 Å². The van der Waals surface area contributed by atoms with Gasteiger partial charge in [0.2, 0.25) is 5.91 Å². The summed E-state index contributed by atoms with van der Waals surface area (Å²) in [4.78, 5) is 17.3. The summed E-state index contributed by atoms with van der Waals surface area (Å²) in [5.41, 5.74) is 7.24. The van der Waals surface area contributed by atoms with Crippen LogP contribution < -0.4 is 15.8 Å². The molecule has 1 atom stereocenters. The average Bonchev–Trinajstić information content (AvgIpc) is 2.87. The van der Waals surface area contributed by atoms with Gasteiger partial charge in [-0.05, 0) is 37.1 Å². The Balaban J connectivity index is 2.15. The van der Waals surface area contributed by atoms with Crippen molar-refractivity contribution in [2.45, 2.75) is 33.4 Å². The Kier molecular flexibility index (Phi) is 5.84. The second-order valence-electron chi connectivity index (χ2n) is 5.59. The molecule has 1 heterocycles. The average molecular weight is 355 g/mol. The van der Waals surface area contributed by atoms with Gasteiger partial charge >= 0.3 is 6.61 Å². The number of amides is 1. The first-order valence-corrected chi connectivity index (χ1v) is 8.18. The summed E-state index contributed by atoms with van der Waals surface area (Å²) >= 11 is 1.33. The number of hydrogen-bond acceptors (Lipinski definition) is 5. The molecule has 0 radical (unpaired) electrons. The molecule has 0 aliphatic rings. The fourth-order valence-electron chi connectivity index (χ4n) is 2.00. The predicted octanol–water partition coefficient (Wildman–Crippen LogP) is 3.64. The van der Waals surface area contributed by atoms with Gasteiger partial charge < -0.3 is 15.8 Å². The number of carbonyl (C=O) groups excluding carboxylic acids is 1. The van der Waals surface area contributed by atoms with Gasteiger partial charge in [0.25, 0.3) is 0 Å². The third-order valence-corrected chi connectivity index (χ3v) is 4.29. The van der Waals surface area contributed by atoms with Crippen molar-refractivity contribution in [2.75, 3.05) is 5.32 Å². The molecule has 0 spiro atoms. The molecule has 3 N–H and O–H groups in total. The van der Waals surface area contributed by atoms with E-state index in [4.69, 9.17) is 5.73 Å². The molecule has 130 valence electrons. The molecule has 8 heteroatoms. The zero-order chi connectivity index (χ0) is 17.9. The molecule has 2 rings (SSSR count). The molecule has 0 saturated heterocycles. The van der Waals surface area contributed by atoms with Crippen LogP contribution in [0.2, 0.25) is 0 Å². The van der Waals surface area contributed by atoms with Crippen molar-refractivity contribution < 1.29 is 18.3 Å². The van der Waals surface area contributed by atoms with Crippen LogP contribution >= 0.6 is 11.3 Å². The molecule has 24 heavy (non-hydrogen) atoms. The van der Waals surface area contributed by atoms with Gasteiger partial charge in [-0.15, -0.1) is 11.3 Å². The van der Waals surface area contributed by atoms with Crippen LogP contribution in [-0.2, 0) is 4.79 Å². The predicted molar refractivity (Wildman–Crippen MR) is 90.4 cm³/mol. The minimum atomic E-state index is -2.86. The van der Waals surface area contributed by atoms with Crippen LogP contribution in [0.4, 0.5) is 13.9 Å². The van der Waals surface area contributed by atoms with Crippen molar-refractivity contribution in [3.63, 3.8) is 0 Å². The van der Waals surface area contributed by atoms with E-state index in [1.165, 1.54) is 23.5 Å². The van der Waals surface area contributed by atoms with Crippen molar-refractivity contribution in [2.24, 2.45) is 11.7 Å². The molecule has 0 fully saturated rings. The maximum absolute atomic E-state index is 12.2.